The van der Waals surface area contributed by atoms with Gasteiger partial charge in [0.2, 0.25) is 0 Å². The van der Waals surface area contributed by atoms with Crippen LogP contribution in [0.5, 0.6) is 0 Å². The Bertz CT molecular complexity index is 356. The molecule has 1 atom stereocenters. The largest absolute Gasteiger partial charge is 0.297 e. The fourth-order valence-electron chi connectivity index (χ4n) is 2.24. The first-order chi connectivity index (χ1) is 8.12. The minimum Gasteiger partial charge on any atom is -0.297 e. The van der Waals surface area contributed by atoms with Gasteiger partial charge in [-0.25, -0.2) is 0 Å². The Morgan fingerprint density at radius 2 is 2.00 bits per heavy atom. The van der Waals surface area contributed by atoms with Crippen LogP contribution < -0.4 is 0 Å². The van der Waals surface area contributed by atoms with Crippen LogP contribution in [0, 0.1) is 5.92 Å². The van der Waals surface area contributed by atoms with Crippen molar-refractivity contribution < 1.29 is 8.78 Å². The van der Waals surface area contributed by atoms with E-state index < -0.39 is 5.92 Å². The highest BCUT2D eigenvalue weighted by Gasteiger charge is 2.36. The molecule has 1 saturated heterocycles. The predicted molar refractivity (Wildman–Crippen MR) is 65.6 cm³/mol. The van der Waals surface area contributed by atoms with Crippen molar-refractivity contribution >= 4 is 11.6 Å². The van der Waals surface area contributed by atoms with Crippen molar-refractivity contribution in [1.82, 2.24) is 4.90 Å². The van der Waals surface area contributed by atoms with Crippen molar-refractivity contribution in [1.29, 1.82) is 0 Å². The van der Waals surface area contributed by atoms with Gasteiger partial charge in [0.25, 0.3) is 5.92 Å². The SMILES string of the molecule is FC(F)(CN1CCC(CCl)C1)c1ccccc1. The van der Waals surface area contributed by atoms with E-state index in [9.17, 15) is 8.78 Å². The molecule has 94 valence electrons. The van der Waals surface area contributed by atoms with Crippen LogP contribution in [0.15, 0.2) is 30.3 Å². The van der Waals surface area contributed by atoms with E-state index in [1.807, 2.05) is 0 Å². The first kappa shape index (κ1) is 12.8. The van der Waals surface area contributed by atoms with Gasteiger partial charge in [-0.3, -0.25) is 4.90 Å². The summed E-state index contributed by atoms with van der Waals surface area (Å²) >= 11 is 5.75. The summed E-state index contributed by atoms with van der Waals surface area (Å²) in [6.07, 6.45) is 0.925. The highest BCUT2D eigenvalue weighted by Crippen LogP contribution is 2.30. The van der Waals surface area contributed by atoms with E-state index in [2.05, 4.69) is 0 Å². The second-order valence-corrected chi connectivity index (χ2v) is 4.92. The molecule has 1 aliphatic rings. The molecule has 0 N–H and O–H groups in total. The molecule has 1 aromatic carbocycles. The lowest BCUT2D eigenvalue weighted by molar-refractivity contribution is -0.0333. The Balaban J connectivity index is 1.98. The Hall–Kier alpha value is -0.670. The van der Waals surface area contributed by atoms with Crippen molar-refractivity contribution in [3.8, 4) is 0 Å². The lowest BCUT2D eigenvalue weighted by atomic mass is 10.1. The number of halogens is 3. The molecule has 1 aliphatic heterocycles. The first-order valence-electron chi connectivity index (χ1n) is 5.83. The van der Waals surface area contributed by atoms with Gasteiger partial charge in [-0.15, -0.1) is 11.6 Å². The van der Waals surface area contributed by atoms with Crippen LogP contribution >= 0.6 is 11.6 Å². The van der Waals surface area contributed by atoms with Gasteiger partial charge in [0.15, 0.2) is 0 Å². The summed E-state index contributed by atoms with van der Waals surface area (Å²) in [5.74, 6) is -1.85. The number of likely N-dealkylation sites (tertiary alicyclic amines) is 1. The van der Waals surface area contributed by atoms with Crippen molar-refractivity contribution in [2.75, 3.05) is 25.5 Å². The Morgan fingerprint density at radius 3 is 2.59 bits per heavy atom. The van der Waals surface area contributed by atoms with Gasteiger partial charge in [-0.2, -0.15) is 8.78 Å². The van der Waals surface area contributed by atoms with Crippen LogP contribution in [0.25, 0.3) is 0 Å². The molecule has 17 heavy (non-hydrogen) atoms. The van der Waals surface area contributed by atoms with Crippen LogP contribution in [0.4, 0.5) is 8.78 Å². The summed E-state index contributed by atoms with van der Waals surface area (Å²) in [6.45, 7) is 1.20. The first-order valence-corrected chi connectivity index (χ1v) is 6.37. The number of nitrogens with zero attached hydrogens (tertiary/aromatic N) is 1. The second-order valence-electron chi connectivity index (χ2n) is 4.61. The van der Waals surface area contributed by atoms with Gasteiger partial charge in [-0.1, -0.05) is 30.3 Å². The molecule has 1 fully saturated rings. The average molecular weight is 260 g/mol. The standard InChI is InChI=1S/C13H16ClF2N/c14-8-11-6-7-17(9-11)10-13(15,16)12-4-2-1-3-5-12/h1-5,11H,6-10H2. The van der Waals surface area contributed by atoms with E-state index >= 15 is 0 Å². The lowest BCUT2D eigenvalue weighted by Crippen LogP contribution is -2.34. The molecule has 2 rings (SSSR count). The van der Waals surface area contributed by atoms with E-state index in [4.69, 9.17) is 11.6 Å². The molecule has 1 aromatic rings. The van der Waals surface area contributed by atoms with Crippen LogP contribution in [0.1, 0.15) is 12.0 Å². The Labute approximate surface area is 105 Å². The number of benzene rings is 1. The van der Waals surface area contributed by atoms with Crippen molar-refractivity contribution in [2.24, 2.45) is 5.92 Å². The van der Waals surface area contributed by atoms with Gasteiger partial charge in [0.1, 0.15) is 0 Å². The number of rotatable bonds is 4. The highest BCUT2D eigenvalue weighted by molar-refractivity contribution is 6.18. The van der Waals surface area contributed by atoms with E-state index in [-0.39, 0.29) is 12.1 Å². The van der Waals surface area contributed by atoms with E-state index in [1.165, 1.54) is 12.1 Å². The van der Waals surface area contributed by atoms with E-state index in [0.717, 1.165) is 13.0 Å². The normalized spacial score (nSPS) is 21.9. The third-order valence-corrected chi connectivity index (χ3v) is 3.64. The molecule has 1 heterocycles. The molecule has 1 nitrogen and oxygen atoms in total. The van der Waals surface area contributed by atoms with Gasteiger partial charge in [0.05, 0.1) is 6.54 Å². The quantitative estimate of drug-likeness (QED) is 0.750. The van der Waals surface area contributed by atoms with Gasteiger partial charge >= 0.3 is 0 Å². The molecule has 1 unspecified atom stereocenters. The molecule has 4 heteroatoms. The molecular formula is C13H16ClF2N. The monoisotopic (exact) mass is 259 g/mol. The van der Waals surface area contributed by atoms with Gasteiger partial charge in [-0.05, 0) is 18.9 Å². The molecule has 0 saturated carbocycles. The highest BCUT2D eigenvalue weighted by atomic mass is 35.5. The van der Waals surface area contributed by atoms with Gasteiger partial charge < -0.3 is 0 Å². The van der Waals surface area contributed by atoms with Crippen LogP contribution in [-0.2, 0) is 5.92 Å². The maximum atomic E-state index is 14.0. The molecule has 0 bridgehead atoms. The summed E-state index contributed by atoms with van der Waals surface area (Å²) in [5.41, 5.74) is 0.0920. The van der Waals surface area contributed by atoms with Crippen molar-refractivity contribution in [3.05, 3.63) is 35.9 Å². The minimum atomic E-state index is -2.78. The molecule has 0 radical (unpaired) electrons. The average Bonchev–Trinajstić information content (AvgIpc) is 2.77. The van der Waals surface area contributed by atoms with Crippen molar-refractivity contribution in [3.63, 3.8) is 0 Å². The van der Waals surface area contributed by atoms with E-state index in [1.54, 1.807) is 23.1 Å². The maximum absolute atomic E-state index is 14.0. The summed E-state index contributed by atoms with van der Waals surface area (Å²) in [7, 11) is 0. The third-order valence-electron chi connectivity index (χ3n) is 3.21. The lowest BCUT2D eigenvalue weighted by Gasteiger charge is -2.23. The molecular weight excluding hydrogens is 244 g/mol. The summed E-state index contributed by atoms with van der Waals surface area (Å²) in [5, 5.41) is 0. The smallest absolute Gasteiger partial charge is 0.285 e. The summed E-state index contributed by atoms with van der Waals surface area (Å²) < 4.78 is 27.9. The molecule has 0 aliphatic carbocycles. The number of alkyl halides is 3. The number of hydrogen-bond acceptors (Lipinski definition) is 1. The number of hydrogen-bond donors (Lipinski definition) is 0. The Morgan fingerprint density at radius 1 is 1.29 bits per heavy atom. The van der Waals surface area contributed by atoms with E-state index in [0.29, 0.717) is 18.3 Å². The Kier molecular flexibility index (Phi) is 4.00. The summed E-state index contributed by atoms with van der Waals surface area (Å²) in [4.78, 5) is 1.81. The zero-order chi connectivity index (χ0) is 12.3. The van der Waals surface area contributed by atoms with Crippen LogP contribution in [-0.4, -0.2) is 30.4 Å². The molecule has 0 aromatic heterocycles. The zero-order valence-corrected chi connectivity index (χ0v) is 10.3. The maximum Gasteiger partial charge on any atom is 0.285 e. The molecule has 0 spiro atoms. The van der Waals surface area contributed by atoms with Crippen LogP contribution in [0.2, 0.25) is 0 Å². The van der Waals surface area contributed by atoms with Crippen LogP contribution in [0.3, 0.4) is 0 Å². The third kappa shape index (κ3) is 3.17. The second kappa shape index (κ2) is 5.32. The predicted octanol–water partition coefficient (Wildman–Crippen LogP) is 3.34. The fourth-order valence-corrected chi connectivity index (χ4v) is 2.49. The molecule has 0 amide bonds. The fraction of sp³-hybridized carbons (Fsp3) is 0.538. The minimum absolute atomic E-state index is 0.0920. The zero-order valence-electron chi connectivity index (χ0n) is 9.58. The topological polar surface area (TPSA) is 3.24 Å². The van der Waals surface area contributed by atoms with Gasteiger partial charge in [0, 0.05) is 18.0 Å². The van der Waals surface area contributed by atoms with Crippen molar-refractivity contribution in [2.45, 2.75) is 12.3 Å². The summed E-state index contributed by atoms with van der Waals surface area (Å²) in [6, 6.07) is 8.01.